The molecule has 0 atom stereocenters. The van der Waals surface area contributed by atoms with Gasteiger partial charge in [0.1, 0.15) is 0 Å². The summed E-state index contributed by atoms with van der Waals surface area (Å²) in [6, 6.07) is 2.95. The predicted molar refractivity (Wildman–Crippen MR) is 63.5 cm³/mol. The van der Waals surface area contributed by atoms with Crippen LogP contribution in [-0.2, 0) is 0 Å². The van der Waals surface area contributed by atoms with Gasteiger partial charge in [-0.3, -0.25) is 0 Å². The zero-order valence-corrected chi connectivity index (χ0v) is 9.97. The van der Waals surface area contributed by atoms with Crippen LogP contribution in [0.2, 0.25) is 0 Å². The molecule has 0 saturated heterocycles. The second-order valence-corrected chi connectivity index (χ2v) is 4.70. The van der Waals surface area contributed by atoms with Gasteiger partial charge in [-0.15, -0.1) is 0 Å². The smallest absolute Gasteiger partial charge is 0.0621 e. The minimum atomic E-state index is 0.713. The fourth-order valence-electron chi connectivity index (χ4n) is 2.41. The van der Waals surface area contributed by atoms with Crippen LogP contribution >= 0.6 is 0 Å². The van der Waals surface area contributed by atoms with Crippen LogP contribution in [0.25, 0.3) is 0 Å². The summed E-state index contributed by atoms with van der Waals surface area (Å²) in [5, 5.41) is 12.0. The van der Waals surface area contributed by atoms with Crippen LogP contribution in [0.3, 0.4) is 0 Å². The van der Waals surface area contributed by atoms with Gasteiger partial charge < -0.3 is 5.32 Å². The molecule has 0 amide bonds. The van der Waals surface area contributed by atoms with E-state index in [4.69, 9.17) is 5.26 Å². The standard InChI is InChI=1S/C13H24N2/c1-2-12-6-8-13(9-7-12)15-11-5-3-4-10-14/h12-13,15H,2-9,11H2,1H3. The van der Waals surface area contributed by atoms with Crippen molar-refractivity contribution in [2.45, 2.75) is 64.3 Å². The second kappa shape index (κ2) is 7.70. The number of hydrogen-bond donors (Lipinski definition) is 1. The van der Waals surface area contributed by atoms with E-state index in [2.05, 4.69) is 18.3 Å². The van der Waals surface area contributed by atoms with Crippen LogP contribution in [0.4, 0.5) is 0 Å². The summed E-state index contributed by atoms with van der Waals surface area (Å²) < 4.78 is 0. The molecule has 1 fully saturated rings. The van der Waals surface area contributed by atoms with Gasteiger partial charge in [0.2, 0.25) is 0 Å². The first-order valence-corrected chi connectivity index (χ1v) is 6.47. The lowest BCUT2D eigenvalue weighted by molar-refractivity contribution is 0.285. The van der Waals surface area contributed by atoms with Crippen LogP contribution in [0, 0.1) is 17.2 Å². The Balaban J connectivity index is 1.97. The Morgan fingerprint density at radius 2 is 1.93 bits per heavy atom. The average molecular weight is 208 g/mol. The van der Waals surface area contributed by atoms with Gasteiger partial charge in [-0.05, 0) is 51.0 Å². The van der Waals surface area contributed by atoms with E-state index in [1.165, 1.54) is 32.1 Å². The maximum absolute atomic E-state index is 8.40. The molecule has 0 aromatic rings. The van der Waals surface area contributed by atoms with Crippen molar-refractivity contribution in [3.63, 3.8) is 0 Å². The Kier molecular flexibility index (Phi) is 6.43. The predicted octanol–water partition coefficient (Wildman–Crippen LogP) is 3.24. The van der Waals surface area contributed by atoms with Gasteiger partial charge in [-0.25, -0.2) is 0 Å². The minimum absolute atomic E-state index is 0.713. The van der Waals surface area contributed by atoms with Gasteiger partial charge in [0.05, 0.1) is 6.07 Å². The van der Waals surface area contributed by atoms with E-state index in [0.717, 1.165) is 31.3 Å². The first kappa shape index (κ1) is 12.5. The molecule has 1 saturated carbocycles. The fourth-order valence-corrected chi connectivity index (χ4v) is 2.41. The number of unbranched alkanes of at least 4 members (excludes halogenated alkanes) is 2. The van der Waals surface area contributed by atoms with Gasteiger partial charge in [0.25, 0.3) is 0 Å². The molecule has 2 nitrogen and oxygen atoms in total. The highest BCUT2D eigenvalue weighted by atomic mass is 14.9. The molecule has 0 unspecified atom stereocenters. The van der Waals surface area contributed by atoms with Crippen molar-refractivity contribution in [3.8, 4) is 6.07 Å². The maximum Gasteiger partial charge on any atom is 0.0621 e. The average Bonchev–Trinajstić information content (AvgIpc) is 2.30. The molecule has 2 heteroatoms. The summed E-state index contributed by atoms with van der Waals surface area (Å²) >= 11 is 0. The number of rotatable bonds is 6. The van der Waals surface area contributed by atoms with Crippen molar-refractivity contribution < 1.29 is 0 Å². The molecular weight excluding hydrogens is 184 g/mol. The Morgan fingerprint density at radius 1 is 1.20 bits per heavy atom. The van der Waals surface area contributed by atoms with Crippen LogP contribution in [0.1, 0.15) is 58.3 Å². The van der Waals surface area contributed by atoms with Crippen LogP contribution in [0.5, 0.6) is 0 Å². The number of nitrogens with zero attached hydrogens (tertiary/aromatic N) is 1. The van der Waals surface area contributed by atoms with Crippen LogP contribution < -0.4 is 5.32 Å². The van der Waals surface area contributed by atoms with Crippen molar-refractivity contribution in [3.05, 3.63) is 0 Å². The van der Waals surface area contributed by atoms with Gasteiger partial charge in [-0.1, -0.05) is 13.3 Å². The molecule has 0 aromatic carbocycles. The van der Waals surface area contributed by atoms with E-state index in [1.54, 1.807) is 0 Å². The lowest BCUT2D eigenvalue weighted by Crippen LogP contribution is -2.33. The Hall–Kier alpha value is -0.550. The summed E-state index contributed by atoms with van der Waals surface area (Å²) in [6.07, 6.45) is 9.81. The lowest BCUT2D eigenvalue weighted by atomic mass is 9.84. The van der Waals surface area contributed by atoms with Gasteiger partial charge in [0.15, 0.2) is 0 Å². The Bertz CT molecular complexity index is 187. The second-order valence-electron chi connectivity index (χ2n) is 4.70. The fraction of sp³-hybridized carbons (Fsp3) is 0.923. The third-order valence-electron chi connectivity index (χ3n) is 3.57. The van der Waals surface area contributed by atoms with Gasteiger partial charge in [-0.2, -0.15) is 5.26 Å². The Morgan fingerprint density at radius 3 is 2.53 bits per heavy atom. The molecule has 0 spiro atoms. The molecule has 0 aromatic heterocycles. The van der Waals surface area contributed by atoms with E-state index in [-0.39, 0.29) is 0 Å². The lowest BCUT2D eigenvalue weighted by Gasteiger charge is -2.28. The number of hydrogen-bond acceptors (Lipinski definition) is 2. The molecular formula is C13H24N2. The van der Waals surface area contributed by atoms with Crippen molar-refractivity contribution in [2.75, 3.05) is 6.54 Å². The zero-order valence-electron chi connectivity index (χ0n) is 9.97. The Labute approximate surface area is 94.1 Å². The number of nitrogens with one attached hydrogen (secondary N) is 1. The summed E-state index contributed by atoms with van der Waals surface area (Å²) in [6.45, 7) is 3.41. The van der Waals surface area contributed by atoms with Crippen LogP contribution in [0.15, 0.2) is 0 Å². The highest BCUT2D eigenvalue weighted by Crippen LogP contribution is 2.26. The largest absolute Gasteiger partial charge is 0.314 e. The number of nitriles is 1. The molecule has 15 heavy (non-hydrogen) atoms. The topological polar surface area (TPSA) is 35.8 Å². The van der Waals surface area contributed by atoms with Crippen molar-refractivity contribution in [2.24, 2.45) is 5.92 Å². The first-order chi connectivity index (χ1) is 7.36. The van der Waals surface area contributed by atoms with E-state index in [1.807, 2.05) is 0 Å². The SMILES string of the molecule is CCC1CCC(NCCCCC#N)CC1. The van der Waals surface area contributed by atoms with Crippen molar-refractivity contribution >= 4 is 0 Å². The molecule has 1 aliphatic carbocycles. The molecule has 0 radical (unpaired) electrons. The summed E-state index contributed by atoms with van der Waals surface area (Å²) in [5.74, 6) is 0.988. The molecule has 0 heterocycles. The highest BCUT2D eigenvalue weighted by Gasteiger charge is 2.18. The molecule has 86 valence electrons. The van der Waals surface area contributed by atoms with E-state index < -0.39 is 0 Å². The van der Waals surface area contributed by atoms with Gasteiger partial charge >= 0.3 is 0 Å². The third kappa shape index (κ3) is 5.18. The van der Waals surface area contributed by atoms with E-state index in [9.17, 15) is 0 Å². The monoisotopic (exact) mass is 208 g/mol. The summed E-state index contributed by atoms with van der Waals surface area (Å²) in [5.41, 5.74) is 0. The summed E-state index contributed by atoms with van der Waals surface area (Å²) in [7, 11) is 0. The van der Waals surface area contributed by atoms with E-state index in [0.29, 0.717) is 6.42 Å². The van der Waals surface area contributed by atoms with Crippen LogP contribution in [-0.4, -0.2) is 12.6 Å². The summed E-state index contributed by atoms with van der Waals surface area (Å²) in [4.78, 5) is 0. The van der Waals surface area contributed by atoms with Crippen molar-refractivity contribution in [1.29, 1.82) is 5.26 Å². The highest BCUT2D eigenvalue weighted by molar-refractivity contribution is 4.76. The van der Waals surface area contributed by atoms with Crippen molar-refractivity contribution in [1.82, 2.24) is 5.32 Å². The molecule has 0 aliphatic heterocycles. The third-order valence-corrected chi connectivity index (χ3v) is 3.57. The van der Waals surface area contributed by atoms with Gasteiger partial charge in [0, 0.05) is 12.5 Å². The molecule has 0 bridgehead atoms. The molecule has 1 aliphatic rings. The minimum Gasteiger partial charge on any atom is -0.314 e. The van der Waals surface area contributed by atoms with E-state index >= 15 is 0 Å². The molecule has 1 rings (SSSR count). The first-order valence-electron chi connectivity index (χ1n) is 6.47. The zero-order chi connectivity index (χ0) is 10.9. The molecule has 1 N–H and O–H groups in total. The quantitative estimate of drug-likeness (QED) is 0.680. The normalized spacial score (nSPS) is 26.1. The maximum atomic E-state index is 8.40.